The van der Waals surface area contributed by atoms with Gasteiger partial charge in [-0.2, -0.15) is 0 Å². The van der Waals surface area contributed by atoms with Crippen LogP contribution < -0.4 is 10.1 Å². The van der Waals surface area contributed by atoms with E-state index in [0.29, 0.717) is 5.88 Å². The summed E-state index contributed by atoms with van der Waals surface area (Å²) in [6.07, 6.45) is 3.43. The predicted molar refractivity (Wildman–Crippen MR) is 84.4 cm³/mol. The van der Waals surface area contributed by atoms with Gasteiger partial charge in [0.15, 0.2) is 0 Å². The van der Waals surface area contributed by atoms with E-state index in [1.54, 1.807) is 0 Å². The Morgan fingerprint density at radius 3 is 2.55 bits per heavy atom. The number of hydrogen-bond acceptors (Lipinski definition) is 4. The van der Waals surface area contributed by atoms with Crippen LogP contribution in [-0.2, 0) is 6.42 Å². The Morgan fingerprint density at radius 2 is 1.90 bits per heavy atom. The summed E-state index contributed by atoms with van der Waals surface area (Å²) in [4.78, 5) is 8.57. The number of rotatable bonds is 6. The molecule has 0 radical (unpaired) electrons. The van der Waals surface area contributed by atoms with Gasteiger partial charge < -0.3 is 10.1 Å². The van der Waals surface area contributed by atoms with E-state index < -0.39 is 0 Å². The van der Waals surface area contributed by atoms with Crippen LogP contribution in [0.25, 0.3) is 0 Å². The molecule has 0 aliphatic heterocycles. The fraction of sp³-hybridized carbons (Fsp3) is 0.333. The first-order chi connectivity index (χ1) is 9.74. The highest BCUT2D eigenvalue weighted by Gasteiger charge is 2.12. The van der Waals surface area contributed by atoms with Gasteiger partial charge in [-0.25, -0.2) is 9.97 Å². The molecule has 106 valence electrons. The van der Waals surface area contributed by atoms with Crippen LogP contribution in [0.4, 0.5) is 5.82 Å². The molecule has 0 saturated heterocycles. The van der Waals surface area contributed by atoms with Gasteiger partial charge in [0.2, 0.25) is 5.88 Å². The fourth-order valence-electron chi connectivity index (χ4n) is 1.89. The van der Waals surface area contributed by atoms with Crippen LogP contribution in [0.15, 0.2) is 35.1 Å². The standard InChI is InChI=1S/C15H18BrN3O/c1-3-5-13-14(17-4-2)18-10-19-15(13)20-12-8-6-11(16)7-9-12/h6-10H,3-5H2,1-2H3,(H,17,18,19). The van der Waals surface area contributed by atoms with Crippen molar-refractivity contribution in [1.82, 2.24) is 9.97 Å². The van der Waals surface area contributed by atoms with Crippen LogP contribution in [-0.4, -0.2) is 16.5 Å². The van der Waals surface area contributed by atoms with E-state index in [1.807, 2.05) is 31.2 Å². The molecule has 0 atom stereocenters. The zero-order valence-corrected chi connectivity index (χ0v) is 13.3. The second-order valence-electron chi connectivity index (χ2n) is 4.34. The third-order valence-corrected chi connectivity index (χ3v) is 3.31. The Labute approximate surface area is 127 Å². The quantitative estimate of drug-likeness (QED) is 0.848. The molecular formula is C15H18BrN3O. The average Bonchev–Trinajstić information content (AvgIpc) is 2.45. The maximum absolute atomic E-state index is 5.89. The largest absolute Gasteiger partial charge is 0.439 e. The number of aromatic nitrogens is 2. The van der Waals surface area contributed by atoms with Gasteiger partial charge in [-0.1, -0.05) is 29.3 Å². The van der Waals surface area contributed by atoms with E-state index in [1.165, 1.54) is 6.33 Å². The number of nitrogens with one attached hydrogen (secondary N) is 1. The van der Waals surface area contributed by atoms with E-state index in [9.17, 15) is 0 Å². The average molecular weight is 336 g/mol. The summed E-state index contributed by atoms with van der Waals surface area (Å²) < 4.78 is 6.91. The van der Waals surface area contributed by atoms with Gasteiger partial charge in [-0.15, -0.1) is 0 Å². The molecule has 1 aromatic heterocycles. The first kappa shape index (κ1) is 14.8. The molecule has 2 rings (SSSR count). The predicted octanol–water partition coefficient (Wildman–Crippen LogP) is 4.42. The van der Waals surface area contributed by atoms with Crippen molar-refractivity contribution in [2.24, 2.45) is 0 Å². The molecule has 20 heavy (non-hydrogen) atoms. The molecule has 0 spiro atoms. The summed E-state index contributed by atoms with van der Waals surface area (Å²) in [5.41, 5.74) is 1.03. The highest BCUT2D eigenvalue weighted by molar-refractivity contribution is 9.10. The first-order valence-electron chi connectivity index (χ1n) is 6.75. The highest BCUT2D eigenvalue weighted by Crippen LogP contribution is 2.28. The summed E-state index contributed by atoms with van der Waals surface area (Å²) >= 11 is 3.41. The lowest BCUT2D eigenvalue weighted by atomic mass is 10.1. The van der Waals surface area contributed by atoms with Crippen molar-refractivity contribution in [2.75, 3.05) is 11.9 Å². The van der Waals surface area contributed by atoms with Crippen molar-refractivity contribution >= 4 is 21.7 Å². The lowest BCUT2D eigenvalue weighted by Crippen LogP contribution is -2.06. The molecule has 1 heterocycles. The summed E-state index contributed by atoms with van der Waals surface area (Å²) in [5.74, 6) is 2.25. The van der Waals surface area contributed by atoms with Gasteiger partial charge in [-0.3, -0.25) is 0 Å². The molecule has 0 saturated carbocycles. The number of benzene rings is 1. The molecule has 1 aromatic carbocycles. The summed E-state index contributed by atoms with van der Waals surface area (Å²) in [5, 5.41) is 3.26. The molecule has 0 fully saturated rings. The van der Waals surface area contributed by atoms with Crippen molar-refractivity contribution < 1.29 is 4.74 Å². The van der Waals surface area contributed by atoms with Crippen LogP contribution in [0.1, 0.15) is 25.8 Å². The third-order valence-electron chi connectivity index (χ3n) is 2.78. The molecule has 5 heteroatoms. The van der Waals surface area contributed by atoms with Crippen molar-refractivity contribution in [1.29, 1.82) is 0 Å². The Kier molecular flexibility index (Phi) is 5.35. The highest BCUT2D eigenvalue weighted by atomic mass is 79.9. The maximum Gasteiger partial charge on any atom is 0.227 e. The van der Waals surface area contributed by atoms with Crippen molar-refractivity contribution in [3.63, 3.8) is 0 Å². The number of nitrogens with zero attached hydrogens (tertiary/aromatic N) is 2. The number of halogens is 1. The molecule has 2 aromatic rings. The summed E-state index contributed by atoms with van der Waals surface area (Å²) in [6, 6.07) is 7.71. The van der Waals surface area contributed by atoms with Crippen LogP contribution in [0, 0.1) is 0 Å². The Morgan fingerprint density at radius 1 is 1.15 bits per heavy atom. The molecule has 0 amide bonds. The van der Waals surface area contributed by atoms with Crippen LogP contribution in [0.2, 0.25) is 0 Å². The Balaban J connectivity index is 2.29. The van der Waals surface area contributed by atoms with Gasteiger partial charge >= 0.3 is 0 Å². The van der Waals surface area contributed by atoms with Gasteiger partial charge in [0.25, 0.3) is 0 Å². The zero-order chi connectivity index (χ0) is 14.4. The summed E-state index contributed by atoms with van der Waals surface area (Å²) in [7, 11) is 0. The number of hydrogen-bond donors (Lipinski definition) is 1. The number of ether oxygens (including phenoxy) is 1. The van der Waals surface area contributed by atoms with Crippen LogP contribution >= 0.6 is 15.9 Å². The first-order valence-corrected chi connectivity index (χ1v) is 7.55. The molecule has 0 unspecified atom stereocenters. The SMILES string of the molecule is CCCc1c(NCC)ncnc1Oc1ccc(Br)cc1. The van der Waals surface area contributed by atoms with Crippen molar-refractivity contribution in [2.45, 2.75) is 26.7 Å². The third kappa shape index (κ3) is 3.70. The number of anilines is 1. The van der Waals surface area contributed by atoms with Gasteiger partial charge in [-0.05, 0) is 37.6 Å². The summed E-state index contributed by atoms with van der Waals surface area (Å²) in [6.45, 7) is 5.00. The lowest BCUT2D eigenvalue weighted by molar-refractivity contribution is 0.454. The van der Waals surface area contributed by atoms with Crippen LogP contribution in [0.5, 0.6) is 11.6 Å². The van der Waals surface area contributed by atoms with E-state index in [4.69, 9.17) is 4.74 Å². The second kappa shape index (κ2) is 7.24. The van der Waals surface area contributed by atoms with Gasteiger partial charge in [0, 0.05) is 11.0 Å². The molecule has 0 aliphatic carbocycles. The topological polar surface area (TPSA) is 47.0 Å². The Bertz CT molecular complexity index is 558. The molecule has 4 nitrogen and oxygen atoms in total. The second-order valence-corrected chi connectivity index (χ2v) is 5.26. The minimum Gasteiger partial charge on any atom is -0.439 e. The van der Waals surface area contributed by atoms with E-state index in [2.05, 4.69) is 38.1 Å². The molecule has 0 aliphatic rings. The maximum atomic E-state index is 5.89. The molecular weight excluding hydrogens is 318 g/mol. The Hall–Kier alpha value is -1.62. The zero-order valence-electron chi connectivity index (χ0n) is 11.7. The van der Waals surface area contributed by atoms with Crippen LogP contribution in [0.3, 0.4) is 0 Å². The molecule has 0 bridgehead atoms. The minimum absolute atomic E-state index is 0.625. The monoisotopic (exact) mass is 335 g/mol. The van der Waals surface area contributed by atoms with Crippen molar-refractivity contribution in [3.05, 3.63) is 40.6 Å². The van der Waals surface area contributed by atoms with E-state index >= 15 is 0 Å². The smallest absolute Gasteiger partial charge is 0.227 e. The normalized spacial score (nSPS) is 10.3. The van der Waals surface area contributed by atoms with Gasteiger partial charge in [0.05, 0.1) is 5.56 Å². The van der Waals surface area contributed by atoms with Crippen molar-refractivity contribution in [3.8, 4) is 11.6 Å². The van der Waals surface area contributed by atoms with E-state index in [0.717, 1.165) is 41.0 Å². The van der Waals surface area contributed by atoms with E-state index in [-0.39, 0.29) is 0 Å². The lowest BCUT2D eigenvalue weighted by Gasteiger charge is -2.13. The van der Waals surface area contributed by atoms with Gasteiger partial charge in [0.1, 0.15) is 17.9 Å². The fourth-order valence-corrected chi connectivity index (χ4v) is 2.16. The minimum atomic E-state index is 0.625. The molecule has 1 N–H and O–H groups in total.